The second-order valence-corrected chi connectivity index (χ2v) is 7.04. The number of nitrogens with one attached hydrogen (secondary N) is 1. The molecule has 1 aliphatic heterocycles. The van der Waals surface area contributed by atoms with Crippen LogP contribution < -0.4 is 5.43 Å². The Balaban J connectivity index is 1.37. The monoisotopic (exact) mass is 379 g/mol. The summed E-state index contributed by atoms with van der Waals surface area (Å²) in [6.07, 6.45) is 3.30. The highest BCUT2D eigenvalue weighted by Gasteiger charge is 2.27. The molecule has 1 aromatic carbocycles. The molecule has 28 heavy (non-hydrogen) atoms. The number of aromatic nitrogens is 2. The number of aromatic amines is 1. The van der Waals surface area contributed by atoms with Gasteiger partial charge in [0.2, 0.25) is 5.43 Å². The van der Waals surface area contributed by atoms with Crippen LogP contribution in [0.25, 0.3) is 0 Å². The number of piperidine rings is 1. The summed E-state index contributed by atoms with van der Waals surface area (Å²) in [5.41, 5.74) is 2.71. The first-order chi connectivity index (χ1) is 13.6. The van der Waals surface area contributed by atoms with Gasteiger partial charge in [-0.1, -0.05) is 30.3 Å². The number of H-pyrrole nitrogens is 1. The maximum atomic E-state index is 12.5. The maximum Gasteiger partial charge on any atom is 0.289 e. The van der Waals surface area contributed by atoms with E-state index >= 15 is 0 Å². The molecule has 0 radical (unpaired) electrons. The number of aromatic hydroxyl groups is 1. The molecule has 0 aliphatic carbocycles. The fourth-order valence-electron chi connectivity index (χ4n) is 3.55. The van der Waals surface area contributed by atoms with E-state index in [1.807, 2.05) is 18.2 Å². The number of benzene rings is 1. The minimum atomic E-state index is -0.619. The Bertz CT molecular complexity index is 1020. The van der Waals surface area contributed by atoms with E-state index in [1.54, 1.807) is 4.90 Å². The van der Waals surface area contributed by atoms with E-state index in [2.05, 4.69) is 28.4 Å². The van der Waals surface area contributed by atoms with E-state index in [0.717, 1.165) is 43.0 Å². The van der Waals surface area contributed by atoms with Gasteiger partial charge in [-0.25, -0.2) is 0 Å². The Kier molecular flexibility index (Phi) is 4.97. The van der Waals surface area contributed by atoms with Crippen LogP contribution in [0.3, 0.4) is 0 Å². The van der Waals surface area contributed by atoms with Crippen molar-refractivity contribution in [1.82, 2.24) is 15.1 Å². The van der Waals surface area contributed by atoms with E-state index in [4.69, 9.17) is 4.42 Å². The molecule has 1 saturated heterocycles. The van der Waals surface area contributed by atoms with Gasteiger partial charge in [0.05, 0.1) is 5.69 Å². The Morgan fingerprint density at radius 2 is 1.96 bits per heavy atom. The summed E-state index contributed by atoms with van der Waals surface area (Å²) >= 11 is 0. The van der Waals surface area contributed by atoms with Gasteiger partial charge in [0.15, 0.2) is 11.5 Å². The molecular weight excluding hydrogens is 358 g/mol. The number of rotatable bonds is 4. The van der Waals surface area contributed by atoms with Crippen LogP contribution in [0.5, 0.6) is 5.75 Å². The van der Waals surface area contributed by atoms with Gasteiger partial charge in [0.1, 0.15) is 6.26 Å². The fourth-order valence-corrected chi connectivity index (χ4v) is 3.55. The normalized spacial score (nSPS) is 14.9. The summed E-state index contributed by atoms with van der Waals surface area (Å²) < 4.78 is 5.07. The molecule has 144 valence electrons. The van der Waals surface area contributed by atoms with Gasteiger partial charge in [0.25, 0.3) is 5.91 Å². The molecule has 0 bridgehead atoms. The quantitative estimate of drug-likeness (QED) is 0.726. The Morgan fingerprint density at radius 1 is 1.21 bits per heavy atom. The summed E-state index contributed by atoms with van der Waals surface area (Å²) in [6, 6.07) is 13.4. The zero-order chi connectivity index (χ0) is 19.5. The summed E-state index contributed by atoms with van der Waals surface area (Å²) in [5.74, 6) is -0.592. The van der Waals surface area contributed by atoms with Gasteiger partial charge in [-0.3, -0.25) is 14.7 Å². The second kappa shape index (κ2) is 7.72. The average Bonchev–Trinajstić information content (AvgIpc) is 3.19. The van der Waals surface area contributed by atoms with Crippen LogP contribution in [0.1, 0.15) is 46.3 Å². The van der Waals surface area contributed by atoms with Crippen molar-refractivity contribution in [2.24, 2.45) is 0 Å². The smallest absolute Gasteiger partial charge is 0.289 e. The minimum Gasteiger partial charge on any atom is -0.502 e. The van der Waals surface area contributed by atoms with Crippen LogP contribution in [0, 0.1) is 0 Å². The largest absolute Gasteiger partial charge is 0.502 e. The summed E-state index contributed by atoms with van der Waals surface area (Å²) in [6.45, 7) is 1.13. The van der Waals surface area contributed by atoms with Gasteiger partial charge in [-0.2, -0.15) is 5.10 Å². The second-order valence-electron chi connectivity index (χ2n) is 7.04. The standard InChI is InChI=1S/C21H21N3O4/c25-18-12-20(28-13-19(18)26)21(27)24-8-6-15(7-9-24)17-11-16(22-23-17)10-14-4-2-1-3-5-14/h1-5,11-13,15,26H,6-10H2,(H,22,23). The highest BCUT2D eigenvalue weighted by Crippen LogP contribution is 2.28. The lowest BCUT2D eigenvalue weighted by molar-refractivity contribution is 0.0676. The van der Waals surface area contributed by atoms with Crippen LogP contribution >= 0.6 is 0 Å². The van der Waals surface area contributed by atoms with Gasteiger partial charge < -0.3 is 14.4 Å². The van der Waals surface area contributed by atoms with E-state index in [9.17, 15) is 14.7 Å². The van der Waals surface area contributed by atoms with E-state index < -0.39 is 11.2 Å². The predicted molar refractivity (Wildman–Crippen MR) is 102 cm³/mol. The average molecular weight is 379 g/mol. The molecule has 3 heterocycles. The van der Waals surface area contributed by atoms with Crippen molar-refractivity contribution in [3.05, 3.63) is 81.7 Å². The SMILES string of the molecule is O=C(c1cc(=O)c(O)co1)N1CCC(c2cc(Cc3ccccc3)[nH]n2)CC1. The summed E-state index contributed by atoms with van der Waals surface area (Å²) in [7, 11) is 0. The molecule has 2 aromatic heterocycles. The first-order valence-electron chi connectivity index (χ1n) is 9.29. The molecule has 1 aliphatic rings. The summed E-state index contributed by atoms with van der Waals surface area (Å²) in [4.78, 5) is 25.7. The third kappa shape index (κ3) is 3.83. The lowest BCUT2D eigenvalue weighted by Crippen LogP contribution is -2.38. The number of hydrogen-bond acceptors (Lipinski definition) is 5. The molecule has 0 atom stereocenters. The Labute approximate surface area is 161 Å². The topological polar surface area (TPSA) is 99.4 Å². The number of likely N-dealkylation sites (tertiary alicyclic amines) is 1. The van der Waals surface area contributed by atoms with Crippen molar-refractivity contribution in [1.29, 1.82) is 0 Å². The van der Waals surface area contributed by atoms with E-state index in [0.29, 0.717) is 13.1 Å². The van der Waals surface area contributed by atoms with Crippen molar-refractivity contribution >= 4 is 5.91 Å². The molecular formula is C21H21N3O4. The van der Waals surface area contributed by atoms with Gasteiger partial charge >= 0.3 is 0 Å². The zero-order valence-electron chi connectivity index (χ0n) is 15.3. The van der Waals surface area contributed by atoms with Gasteiger partial charge in [0, 0.05) is 37.2 Å². The lowest BCUT2D eigenvalue weighted by atomic mass is 9.93. The van der Waals surface area contributed by atoms with E-state index in [1.165, 1.54) is 5.56 Å². The van der Waals surface area contributed by atoms with Crippen LogP contribution in [-0.4, -0.2) is 39.2 Å². The molecule has 0 unspecified atom stereocenters. The number of hydrogen-bond donors (Lipinski definition) is 2. The molecule has 1 amide bonds. The minimum absolute atomic E-state index is 0.0498. The molecule has 7 nitrogen and oxygen atoms in total. The van der Waals surface area contributed by atoms with Crippen molar-refractivity contribution in [2.75, 3.05) is 13.1 Å². The molecule has 1 fully saturated rings. The van der Waals surface area contributed by atoms with Crippen molar-refractivity contribution in [2.45, 2.75) is 25.2 Å². The molecule has 0 spiro atoms. The third-order valence-electron chi connectivity index (χ3n) is 5.11. The number of amides is 1. The highest BCUT2D eigenvalue weighted by atomic mass is 16.4. The van der Waals surface area contributed by atoms with E-state index in [-0.39, 0.29) is 17.6 Å². The molecule has 7 heteroatoms. The maximum absolute atomic E-state index is 12.5. The number of nitrogens with zero attached hydrogens (tertiary/aromatic N) is 2. The molecule has 0 saturated carbocycles. The van der Waals surface area contributed by atoms with Crippen molar-refractivity contribution in [3.63, 3.8) is 0 Å². The van der Waals surface area contributed by atoms with Crippen LogP contribution in [0.15, 0.2) is 57.9 Å². The first-order valence-corrected chi connectivity index (χ1v) is 9.29. The van der Waals surface area contributed by atoms with Crippen LogP contribution in [0.4, 0.5) is 0 Å². The summed E-state index contributed by atoms with van der Waals surface area (Å²) in [5, 5.41) is 16.8. The van der Waals surface area contributed by atoms with Crippen molar-refractivity contribution < 1.29 is 14.3 Å². The van der Waals surface area contributed by atoms with Crippen molar-refractivity contribution in [3.8, 4) is 5.75 Å². The predicted octanol–water partition coefficient (Wildman–Crippen LogP) is 2.68. The third-order valence-corrected chi connectivity index (χ3v) is 5.11. The Hall–Kier alpha value is -3.35. The molecule has 3 aromatic rings. The fraction of sp³-hybridized carbons (Fsp3) is 0.286. The zero-order valence-corrected chi connectivity index (χ0v) is 15.3. The van der Waals surface area contributed by atoms with Gasteiger partial charge in [-0.05, 0) is 24.5 Å². The molecule has 2 N–H and O–H groups in total. The lowest BCUT2D eigenvalue weighted by Gasteiger charge is -2.30. The number of carbonyl (C=O) groups is 1. The first kappa shape index (κ1) is 18.0. The number of carbonyl (C=O) groups excluding carboxylic acids is 1. The Morgan fingerprint density at radius 3 is 2.68 bits per heavy atom. The highest BCUT2D eigenvalue weighted by molar-refractivity contribution is 5.91. The van der Waals surface area contributed by atoms with Crippen LogP contribution in [-0.2, 0) is 6.42 Å². The molecule has 4 rings (SSSR count). The van der Waals surface area contributed by atoms with Crippen LogP contribution in [0.2, 0.25) is 0 Å². The van der Waals surface area contributed by atoms with Gasteiger partial charge in [-0.15, -0.1) is 0 Å².